The van der Waals surface area contributed by atoms with E-state index in [-0.39, 0.29) is 5.91 Å². The Bertz CT molecular complexity index is 963. The summed E-state index contributed by atoms with van der Waals surface area (Å²) < 4.78 is 25.5. The number of aryl methyl sites for hydroxylation is 3. The van der Waals surface area contributed by atoms with E-state index in [0.29, 0.717) is 24.3 Å². The largest absolute Gasteiger partial charge is 0.309 e. The molecule has 2 aromatic carbocycles. The molecule has 27 heavy (non-hydrogen) atoms. The molecule has 0 aliphatic carbocycles. The monoisotopic (exact) mass is 386 g/mol. The van der Waals surface area contributed by atoms with Crippen molar-refractivity contribution in [3.63, 3.8) is 0 Å². The molecular weight excluding hydrogens is 360 g/mol. The molecule has 0 N–H and O–H groups in total. The zero-order chi connectivity index (χ0) is 19.8. The van der Waals surface area contributed by atoms with E-state index in [1.165, 1.54) is 10.6 Å². The predicted octanol–water partition coefficient (Wildman–Crippen LogP) is 3.68. The number of carbonyl (C=O) groups excluding carboxylic acids is 1. The van der Waals surface area contributed by atoms with Crippen LogP contribution in [-0.4, -0.2) is 33.7 Å². The molecule has 0 aromatic heterocycles. The number of rotatable bonds is 4. The Balaban J connectivity index is 1.97. The molecule has 0 atom stereocenters. The summed E-state index contributed by atoms with van der Waals surface area (Å²) in [5.41, 5.74) is 5.31. The Labute approximate surface area is 161 Å². The van der Waals surface area contributed by atoms with Crippen LogP contribution in [0.2, 0.25) is 0 Å². The Morgan fingerprint density at radius 2 is 1.78 bits per heavy atom. The predicted molar refractivity (Wildman–Crippen MR) is 110 cm³/mol. The van der Waals surface area contributed by atoms with E-state index in [9.17, 15) is 13.2 Å². The third-order valence-corrected chi connectivity index (χ3v) is 6.06. The van der Waals surface area contributed by atoms with Crippen molar-refractivity contribution in [2.24, 2.45) is 0 Å². The molecule has 1 aliphatic rings. The molecule has 1 heterocycles. The van der Waals surface area contributed by atoms with Gasteiger partial charge in [-0.3, -0.25) is 9.10 Å². The van der Waals surface area contributed by atoms with Crippen LogP contribution in [0.15, 0.2) is 36.4 Å². The summed E-state index contributed by atoms with van der Waals surface area (Å²) in [7, 11) is -3.31. The van der Waals surface area contributed by atoms with Crippen LogP contribution in [0.5, 0.6) is 0 Å². The Morgan fingerprint density at radius 3 is 2.37 bits per heavy atom. The van der Waals surface area contributed by atoms with Gasteiger partial charge >= 0.3 is 0 Å². The van der Waals surface area contributed by atoms with E-state index in [2.05, 4.69) is 6.07 Å². The second-order valence-electron chi connectivity index (χ2n) is 7.18. The van der Waals surface area contributed by atoms with Gasteiger partial charge in [-0.2, -0.15) is 0 Å². The Morgan fingerprint density at radius 1 is 1.11 bits per heavy atom. The molecule has 6 heteroatoms. The van der Waals surface area contributed by atoms with Gasteiger partial charge in [0.05, 0.1) is 11.9 Å². The third-order valence-electron chi connectivity index (χ3n) is 4.88. The highest BCUT2D eigenvalue weighted by molar-refractivity contribution is 7.92. The van der Waals surface area contributed by atoms with Crippen molar-refractivity contribution in [1.82, 2.24) is 0 Å². The highest BCUT2D eigenvalue weighted by Crippen LogP contribution is 2.31. The summed E-state index contributed by atoms with van der Waals surface area (Å²) in [5.74, 6) is -0.0678. The van der Waals surface area contributed by atoms with Gasteiger partial charge in [0.25, 0.3) is 5.91 Å². The zero-order valence-corrected chi connectivity index (χ0v) is 17.1. The van der Waals surface area contributed by atoms with Crippen LogP contribution in [0.3, 0.4) is 0 Å². The standard InChI is InChI=1S/C21H26N2O3S/c1-5-22(19-12-15(2)11-16(3)13-19)21(24)18-8-9-20-17(14-18)7-6-10-23(20)27(4,25)26/h8-9,11-14H,5-7,10H2,1-4H3. The average Bonchev–Trinajstić information content (AvgIpc) is 2.59. The second-order valence-corrected chi connectivity index (χ2v) is 9.08. The van der Waals surface area contributed by atoms with Crippen molar-refractivity contribution in [3.8, 4) is 0 Å². The van der Waals surface area contributed by atoms with Crippen LogP contribution in [-0.2, 0) is 16.4 Å². The fourth-order valence-electron chi connectivity index (χ4n) is 3.75. The average molecular weight is 387 g/mol. The van der Waals surface area contributed by atoms with Crippen LogP contribution in [0.1, 0.15) is 40.4 Å². The first-order valence-corrected chi connectivity index (χ1v) is 11.1. The van der Waals surface area contributed by atoms with Crippen molar-refractivity contribution in [3.05, 3.63) is 58.7 Å². The van der Waals surface area contributed by atoms with E-state index < -0.39 is 10.0 Å². The van der Waals surface area contributed by atoms with Crippen molar-refractivity contribution in [2.75, 3.05) is 28.6 Å². The zero-order valence-electron chi connectivity index (χ0n) is 16.3. The lowest BCUT2D eigenvalue weighted by atomic mass is 10.00. The first-order chi connectivity index (χ1) is 12.7. The lowest BCUT2D eigenvalue weighted by Crippen LogP contribution is -2.35. The van der Waals surface area contributed by atoms with Gasteiger partial charge in [-0.15, -0.1) is 0 Å². The fraction of sp³-hybridized carbons (Fsp3) is 0.381. The molecule has 0 unspecified atom stereocenters. The first-order valence-electron chi connectivity index (χ1n) is 9.21. The molecule has 1 aliphatic heterocycles. The summed E-state index contributed by atoms with van der Waals surface area (Å²) in [6.45, 7) is 7.05. The van der Waals surface area contributed by atoms with Gasteiger partial charge in [-0.05, 0) is 80.6 Å². The maximum absolute atomic E-state index is 13.2. The van der Waals surface area contributed by atoms with E-state index in [1.807, 2.05) is 39.0 Å². The summed E-state index contributed by atoms with van der Waals surface area (Å²) in [6.07, 6.45) is 2.75. The minimum absolute atomic E-state index is 0.0678. The topological polar surface area (TPSA) is 57.7 Å². The van der Waals surface area contributed by atoms with Crippen molar-refractivity contribution in [2.45, 2.75) is 33.6 Å². The van der Waals surface area contributed by atoms with Crippen LogP contribution in [0.4, 0.5) is 11.4 Å². The molecule has 0 bridgehead atoms. The third kappa shape index (κ3) is 4.00. The number of hydrogen-bond acceptors (Lipinski definition) is 3. The number of anilines is 2. The second kappa shape index (κ2) is 7.35. The van der Waals surface area contributed by atoms with Gasteiger partial charge in [0, 0.05) is 24.3 Å². The van der Waals surface area contributed by atoms with E-state index in [1.54, 1.807) is 17.0 Å². The molecular formula is C21H26N2O3S. The minimum atomic E-state index is -3.31. The SMILES string of the molecule is CCN(C(=O)c1ccc2c(c1)CCCN2S(C)(=O)=O)c1cc(C)cc(C)c1. The minimum Gasteiger partial charge on any atom is -0.309 e. The van der Waals surface area contributed by atoms with Gasteiger partial charge in [-0.1, -0.05) is 6.07 Å². The van der Waals surface area contributed by atoms with Gasteiger partial charge in [0.15, 0.2) is 0 Å². The Hall–Kier alpha value is -2.34. The van der Waals surface area contributed by atoms with Crippen molar-refractivity contribution >= 4 is 27.3 Å². The number of fused-ring (bicyclic) bond motifs is 1. The molecule has 0 saturated heterocycles. The van der Waals surface area contributed by atoms with Gasteiger partial charge in [0.1, 0.15) is 0 Å². The summed E-state index contributed by atoms with van der Waals surface area (Å²) in [5, 5.41) is 0. The lowest BCUT2D eigenvalue weighted by Gasteiger charge is -2.30. The molecule has 144 valence electrons. The number of nitrogens with zero attached hydrogens (tertiary/aromatic N) is 2. The van der Waals surface area contributed by atoms with E-state index >= 15 is 0 Å². The van der Waals surface area contributed by atoms with Crippen molar-refractivity contribution in [1.29, 1.82) is 0 Å². The van der Waals surface area contributed by atoms with Crippen LogP contribution in [0.25, 0.3) is 0 Å². The highest BCUT2D eigenvalue weighted by atomic mass is 32.2. The highest BCUT2D eigenvalue weighted by Gasteiger charge is 2.25. The molecule has 2 aromatic rings. The summed E-state index contributed by atoms with van der Waals surface area (Å²) >= 11 is 0. The molecule has 0 spiro atoms. The smallest absolute Gasteiger partial charge is 0.258 e. The maximum atomic E-state index is 13.2. The molecule has 5 nitrogen and oxygen atoms in total. The number of carbonyl (C=O) groups is 1. The van der Waals surface area contributed by atoms with Crippen LogP contribution in [0, 0.1) is 13.8 Å². The number of benzene rings is 2. The molecule has 0 fully saturated rings. The maximum Gasteiger partial charge on any atom is 0.258 e. The normalized spacial score (nSPS) is 14.0. The van der Waals surface area contributed by atoms with Crippen LogP contribution < -0.4 is 9.21 Å². The number of sulfonamides is 1. The Kier molecular flexibility index (Phi) is 5.29. The lowest BCUT2D eigenvalue weighted by molar-refractivity contribution is 0.0988. The van der Waals surface area contributed by atoms with Crippen molar-refractivity contribution < 1.29 is 13.2 Å². The fourth-order valence-corrected chi connectivity index (χ4v) is 4.74. The van der Waals surface area contributed by atoms with Crippen LogP contribution >= 0.6 is 0 Å². The molecule has 0 radical (unpaired) electrons. The van der Waals surface area contributed by atoms with E-state index in [4.69, 9.17) is 0 Å². The summed E-state index contributed by atoms with van der Waals surface area (Å²) in [6, 6.07) is 11.4. The molecule has 3 rings (SSSR count). The number of amides is 1. The quantitative estimate of drug-likeness (QED) is 0.805. The van der Waals surface area contributed by atoms with Gasteiger partial charge in [-0.25, -0.2) is 8.42 Å². The van der Waals surface area contributed by atoms with Gasteiger partial charge in [0.2, 0.25) is 10.0 Å². The first kappa shape index (κ1) is 19.4. The number of hydrogen-bond donors (Lipinski definition) is 0. The molecule has 1 amide bonds. The van der Waals surface area contributed by atoms with Gasteiger partial charge < -0.3 is 4.90 Å². The summed E-state index contributed by atoms with van der Waals surface area (Å²) in [4.78, 5) is 14.9. The van der Waals surface area contributed by atoms with E-state index in [0.717, 1.165) is 35.2 Å². The molecule has 0 saturated carbocycles.